The Labute approximate surface area is 196 Å². The molecule has 4 nitrogen and oxygen atoms in total. The van der Waals surface area contributed by atoms with Crippen LogP contribution in [0.15, 0.2) is 64.5 Å². The number of thioether (sulfide) groups is 1. The smallest absolute Gasteiger partial charge is 0.267 e. The van der Waals surface area contributed by atoms with Gasteiger partial charge in [0.1, 0.15) is 4.83 Å². The molecule has 0 bridgehead atoms. The molecule has 1 aliphatic rings. The van der Waals surface area contributed by atoms with E-state index in [1.165, 1.54) is 5.56 Å². The summed E-state index contributed by atoms with van der Waals surface area (Å²) in [6, 6.07) is 18.5. The van der Waals surface area contributed by atoms with Crippen LogP contribution in [0.5, 0.6) is 0 Å². The van der Waals surface area contributed by atoms with E-state index in [9.17, 15) is 4.79 Å². The minimum absolute atomic E-state index is 0.0259. The molecule has 32 heavy (non-hydrogen) atoms. The highest BCUT2D eigenvalue weighted by Crippen LogP contribution is 2.38. The van der Waals surface area contributed by atoms with Crippen molar-refractivity contribution in [3.05, 3.63) is 86.5 Å². The lowest BCUT2D eigenvalue weighted by Crippen LogP contribution is -2.32. The van der Waals surface area contributed by atoms with Crippen LogP contribution in [0.1, 0.15) is 35.4 Å². The van der Waals surface area contributed by atoms with E-state index in [2.05, 4.69) is 57.2 Å². The van der Waals surface area contributed by atoms with Gasteiger partial charge in [0.15, 0.2) is 5.16 Å². The van der Waals surface area contributed by atoms with Crippen molar-refractivity contribution in [3.63, 3.8) is 0 Å². The second-order valence-electron chi connectivity index (χ2n) is 8.87. The maximum absolute atomic E-state index is 13.9. The molecule has 3 heterocycles. The van der Waals surface area contributed by atoms with Crippen molar-refractivity contribution in [1.82, 2.24) is 9.55 Å². The highest BCUT2D eigenvalue weighted by molar-refractivity contribution is 7.99. The van der Waals surface area contributed by atoms with E-state index in [0.29, 0.717) is 6.61 Å². The molecule has 0 aliphatic carbocycles. The number of nitrogens with zero attached hydrogens (tertiary/aromatic N) is 2. The summed E-state index contributed by atoms with van der Waals surface area (Å²) in [5, 5.41) is 1.51. The van der Waals surface area contributed by atoms with Crippen LogP contribution in [0.3, 0.4) is 0 Å². The standard InChI is InChI=1S/C26H26N2O2S2/c1-17-8-7-11-19(14-17)28-24(29)22-20-15-26(2,3)30-16-21(20)32-23(22)27-25(28)31-13-12-18-9-5-4-6-10-18/h4-11,14H,12-13,15-16H2,1-3H3. The molecule has 4 aromatic rings. The summed E-state index contributed by atoms with van der Waals surface area (Å²) in [5.74, 6) is 0.856. The van der Waals surface area contributed by atoms with Gasteiger partial charge in [0.05, 0.1) is 23.3 Å². The molecule has 164 valence electrons. The van der Waals surface area contributed by atoms with Crippen molar-refractivity contribution in [3.8, 4) is 5.69 Å². The molecule has 0 spiro atoms. The monoisotopic (exact) mass is 462 g/mol. The number of ether oxygens (including phenoxy) is 1. The minimum atomic E-state index is -0.273. The van der Waals surface area contributed by atoms with Crippen LogP contribution in [0, 0.1) is 6.92 Å². The van der Waals surface area contributed by atoms with Gasteiger partial charge < -0.3 is 4.74 Å². The predicted octanol–water partition coefficient (Wildman–Crippen LogP) is 5.94. The molecule has 0 saturated heterocycles. The van der Waals surface area contributed by atoms with Crippen molar-refractivity contribution in [1.29, 1.82) is 0 Å². The van der Waals surface area contributed by atoms with E-state index in [0.717, 1.165) is 55.7 Å². The van der Waals surface area contributed by atoms with Crippen LogP contribution in [0.4, 0.5) is 0 Å². The maximum atomic E-state index is 13.9. The molecule has 2 aromatic carbocycles. The molecule has 2 aromatic heterocycles. The fourth-order valence-corrected chi connectivity index (χ4v) is 6.32. The summed E-state index contributed by atoms with van der Waals surface area (Å²) in [6.45, 7) is 6.76. The SMILES string of the molecule is Cc1cccc(-n2c(SCCc3ccccc3)nc3sc4c(c3c2=O)CC(C)(C)OC4)c1. The minimum Gasteiger partial charge on any atom is -0.370 e. The number of fused-ring (bicyclic) bond motifs is 3. The molecule has 0 N–H and O–H groups in total. The van der Waals surface area contributed by atoms with Crippen molar-refractivity contribution >= 4 is 33.3 Å². The first-order valence-electron chi connectivity index (χ1n) is 10.9. The summed E-state index contributed by atoms with van der Waals surface area (Å²) < 4.78 is 7.81. The van der Waals surface area contributed by atoms with Gasteiger partial charge in [0.2, 0.25) is 0 Å². The number of aromatic nitrogens is 2. The van der Waals surface area contributed by atoms with Crippen LogP contribution in [-0.4, -0.2) is 20.9 Å². The molecule has 0 unspecified atom stereocenters. The van der Waals surface area contributed by atoms with Gasteiger partial charge in [-0.15, -0.1) is 11.3 Å². The zero-order valence-corrected chi connectivity index (χ0v) is 20.2. The van der Waals surface area contributed by atoms with Gasteiger partial charge in [-0.05, 0) is 56.0 Å². The van der Waals surface area contributed by atoms with Crippen molar-refractivity contribution in [2.45, 2.75) is 51.0 Å². The molecule has 0 atom stereocenters. The zero-order chi connectivity index (χ0) is 22.3. The van der Waals surface area contributed by atoms with E-state index in [1.54, 1.807) is 27.7 Å². The van der Waals surface area contributed by atoms with E-state index >= 15 is 0 Å². The van der Waals surface area contributed by atoms with Gasteiger partial charge in [-0.25, -0.2) is 4.98 Å². The summed E-state index contributed by atoms with van der Waals surface area (Å²) in [6.07, 6.45) is 1.66. The van der Waals surface area contributed by atoms with Crippen molar-refractivity contribution in [2.24, 2.45) is 0 Å². The summed E-state index contributed by atoms with van der Waals surface area (Å²) in [7, 11) is 0. The molecule has 0 saturated carbocycles. The molecular weight excluding hydrogens is 436 g/mol. The number of thiophene rings is 1. The lowest BCUT2D eigenvalue weighted by Gasteiger charge is -2.29. The Kier molecular flexibility index (Phi) is 5.70. The van der Waals surface area contributed by atoms with Gasteiger partial charge in [0.25, 0.3) is 5.56 Å². The highest BCUT2D eigenvalue weighted by atomic mass is 32.2. The Morgan fingerprint density at radius 3 is 2.75 bits per heavy atom. The van der Waals surface area contributed by atoms with Crippen LogP contribution in [-0.2, 0) is 24.2 Å². The fourth-order valence-electron chi connectivity index (χ4n) is 4.17. The Bertz CT molecular complexity index is 1340. The van der Waals surface area contributed by atoms with Crippen molar-refractivity contribution in [2.75, 3.05) is 5.75 Å². The summed E-state index contributed by atoms with van der Waals surface area (Å²) >= 11 is 3.25. The number of benzene rings is 2. The molecule has 6 heteroatoms. The average molecular weight is 463 g/mol. The van der Waals surface area contributed by atoms with E-state index < -0.39 is 0 Å². The van der Waals surface area contributed by atoms with Crippen molar-refractivity contribution < 1.29 is 4.74 Å². The number of hydrogen-bond acceptors (Lipinski definition) is 5. The molecule has 1 aliphatic heterocycles. The Balaban J connectivity index is 1.61. The largest absolute Gasteiger partial charge is 0.370 e. The molecule has 0 fully saturated rings. The lowest BCUT2D eigenvalue weighted by atomic mass is 9.94. The van der Waals surface area contributed by atoms with Gasteiger partial charge >= 0.3 is 0 Å². The molecule has 0 amide bonds. The topological polar surface area (TPSA) is 44.1 Å². The first kappa shape index (κ1) is 21.4. The third-order valence-corrected chi connectivity index (χ3v) is 7.84. The van der Waals surface area contributed by atoms with Crippen LogP contribution >= 0.6 is 23.1 Å². The third kappa shape index (κ3) is 4.15. The predicted molar refractivity (Wildman–Crippen MR) is 133 cm³/mol. The quantitative estimate of drug-likeness (QED) is 0.272. The Morgan fingerprint density at radius 2 is 1.97 bits per heavy atom. The van der Waals surface area contributed by atoms with Gasteiger partial charge in [0, 0.05) is 17.1 Å². The maximum Gasteiger partial charge on any atom is 0.267 e. The van der Waals surface area contributed by atoms with Gasteiger partial charge in [-0.3, -0.25) is 9.36 Å². The highest BCUT2D eigenvalue weighted by Gasteiger charge is 2.31. The normalized spacial score (nSPS) is 15.1. The van der Waals surface area contributed by atoms with E-state index in [1.807, 2.05) is 18.2 Å². The second-order valence-corrected chi connectivity index (χ2v) is 11.0. The molecular formula is C26H26N2O2S2. The molecule has 0 radical (unpaired) electrons. The number of rotatable bonds is 5. The van der Waals surface area contributed by atoms with E-state index in [4.69, 9.17) is 9.72 Å². The van der Waals surface area contributed by atoms with Crippen LogP contribution in [0.2, 0.25) is 0 Å². The van der Waals surface area contributed by atoms with E-state index in [-0.39, 0.29) is 11.2 Å². The van der Waals surface area contributed by atoms with Gasteiger partial charge in [-0.2, -0.15) is 0 Å². The zero-order valence-electron chi connectivity index (χ0n) is 18.6. The molecule has 5 rings (SSSR count). The average Bonchev–Trinajstić information content (AvgIpc) is 3.11. The number of hydrogen-bond donors (Lipinski definition) is 0. The van der Waals surface area contributed by atoms with Crippen LogP contribution in [0.25, 0.3) is 15.9 Å². The first-order chi connectivity index (χ1) is 15.4. The third-order valence-electron chi connectivity index (χ3n) is 5.80. The summed E-state index contributed by atoms with van der Waals surface area (Å²) in [5.41, 5.74) is 4.15. The second kappa shape index (κ2) is 8.50. The summed E-state index contributed by atoms with van der Waals surface area (Å²) in [4.78, 5) is 20.9. The first-order valence-corrected chi connectivity index (χ1v) is 12.7. The Morgan fingerprint density at radius 1 is 1.16 bits per heavy atom. The van der Waals surface area contributed by atoms with Gasteiger partial charge in [-0.1, -0.05) is 54.2 Å². The Hall–Kier alpha value is -2.41. The fraction of sp³-hybridized carbons (Fsp3) is 0.308. The van der Waals surface area contributed by atoms with Crippen LogP contribution < -0.4 is 5.56 Å². The lowest BCUT2D eigenvalue weighted by molar-refractivity contribution is -0.0379. The number of aryl methyl sites for hydroxylation is 2.